The van der Waals surface area contributed by atoms with Crippen molar-refractivity contribution in [3.63, 3.8) is 0 Å². The average Bonchev–Trinajstić information content (AvgIpc) is 2.82. The van der Waals surface area contributed by atoms with E-state index in [1.165, 1.54) is 0 Å². The van der Waals surface area contributed by atoms with E-state index in [2.05, 4.69) is 15.5 Å². The van der Waals surface area contributed by atoms with Gasteiger partial charge in [-0.05, 0) is 6.92 Å². The van der Waals surface area contributed by atoms with Crippen LogP contribution in [0, 0.1) is 6.92 Å². The first kappa shape index (κ1) is 10.7. The molecule has 3 N–H and O–H groups in total. The molecule has 0 aliphatic rings. The largest absolute Gasteiger partial charge is 0.308 e. The first-order valence-electron chi connectivity index (χ1n) is 5.67. The summed E-state index contributed by atoms with van der Waals surface area (Å²) in [6, 6.07) is 13.8. The van der Waals surface area contributed by atoms with Gasteiger partial charge in [-0.2, -0.15) is 9.61 Å². The molecular formula is C13H13N5. The maximum atomic E-state index is 5.49. The molecule has 0 saturated heterocycles. The molecular weight excluding hydrogens is 226 g/mol. The number of nitrogens with one attached hydrogen (secondary N) is 1. The van der Waals surface area contributed by atoms with E-state index < -0.39 is 0 Å². The third-order valence-electron chi connectivity index (χ3n) is 2.77. The van der Waals surface area contributed by atoms with Crippen LogP contribution < -0.4 is 11.3 Å². The van der Waals surface area contributed by atoms with Crippen LogP contribution in [0.5, 0.6) is 0 Å². The molecule has 0 unspecified atom stereocenters. The second-order valence-corrected chi connectivity index (χ2v) is 4.09. The van der Waals surface area contributed by atoms with Gasteiger partial charge >= 0.3 is 0 Å². The number of hydrogen-bond acceptors (Lipinski definition) is 4. The normalized spacial score (nSPS) is 10.8. The number of hydrazine groups is 1. The molecule has 0 spiro atoms. The Balaban J connectivity index is 2.23. The van der Waals surface area contributed by atoms with Gasteiger partial charge < -0.3 is 5.43 Å². The predicted molar refractivity (Wildman–Crippen MR) is 71.0 cm³/mol. The summed E-state index contributed by atoms with van der Waals surface area (Å²) in [5.41, 5.74) is 6.25. The number of anilines is 1. The van der Waals surface area contributed by atoms with E-state index in [4.69, 9.17) is 5.84 Å². The molecule has 0 saturated carbocycles. The minimum atomic E-state index is 0.722. The number of benzene rings is 1. The number of nitrogens with two attached hydrogens (primary N) is 1. The first-order valence-corrected chi connectivity index (χ1v) is 5.67. The Morgan fingerprint density at radius 2 is 1.94 bits per heavy atom. The van der Waals surface area contributed by atoms with Crippen molar-refractivity contribution in [2.75, 3.05) is 5.43 Å². The lowest BCUT2D eigenvalue weighted by Gasteiger charge is -2.03. The summed E-state index contributed by atoms with van der Waals surface area (Å²) >= 11 is 0. The SMILES string of the molecule is Cc1cc(NN)n2nc(-c3ccccc3)cc2n1. The molecule has 0 amide bonds. The molecule has 5 nitrogen and oxygen atoms in total. The fourth-order valence-electron chi connectivity index (χ4n) is 1.95. The minimum Gasteiger partial charge on any atom is -0.308 e. The zero-order valence-electron chi connectivity index (χ0n) is 9.96. The summed E-state index contributed by atoms with van der Waals surface area (Å²) in [7, 11) is 0. The van der Waals surface area contributed by atoms with E-state index >= 15 is 0 Å². The van der Waals surface area contributed by atoms with Gasteiger partial charge in [-0.25, -0.2) is 10.8 Å². The van der Waals surface area contributed by atoms with Crippen molar-refractivity contribution in [3.8, 4) is 11.3 Å². The van der Waals surface area contributed by atoms with Crippen LogP contribution in [0.3, 0.4) is 0 Å². The number of nitrogen functional groups attached to an aromatic ring is 1. The Kier molecular flexibility index (Phi) is 2.46. The van der Waals surface area contributed by atoms with Crippen LogP contribution in [-0.2, 0) is 0 Å². The molecule has 5 heteroatoms. The van der Waals surface area contributed by atoms with Crippen LogP contribution in [0.1, 0.15) is 5.69 Å². The second kappa shape index (κ2) is 4.12. The highest BCUT2D eigenvalue weighted by Crippen LogP contribution is 2.20. The Bertz CT molecular complexity index is 687. The number of nitrogens with zero attached hydrogens (tertiary/aromatic N) is 3. The number of rotatable bonds is 2. The Hall–Kier alpha value is -2.40. The van der Waals surface area contributed by atoms with Crippen LogP contribution in [0.4, 0.5) is 5.82 Å². The van der Waals surface area contributed by atoms with Crippen molar-refractivity contribution in [1.29, 1.82) is 0 Å². The average molecular weight is 239 g/mol. The lowest BCUT2D eigenvalue weighted by molar-refractivity contribution is 0.930. The topological polar surface area (TPSA) is 68.2 Å². The van der Waals surface area contributed by atoms with Gasteiger partial charge in [0.05, 0.1) is 5.69 Å². The third-order valence-corrected chi connectivity index (χ3v) is 2.77. The van der Waals surface area contributed by atoms with Gasteiger partial charge in [0.2, 0.25) is 0 Å². The number of hydrogen-bond donors (Lipinski definition) is 2. The van der Waals surface area contributed by atoms with Crippen molar-refractivity contribution in [1.82, 2.24) is 14.6 Å². The molecule has 3 aromatic rings. The van der Waals surface area contributed by atoms with E-state index in [0.29, 0.717) is 0 Å². The van der Waals surface area contributed by atoms with Gasteiger partial charge in [0.15, 0.2) is 5.65 Å². The van der Waals surface area contributed by atoms with Crippen molar-refractivity contribution in [2.24, 2.45) is 5.84 Å². The van der Waals surface area contributed by atoms with Crippen LogP contribution in [0.15, 0.2) is 42.5 Å². The van der Waals surface area contributed by atoms with Gasteiger partial charge in [0.1, 0.15) is 5.82 Å². The Morgan fingerprint density at radius 1 is 1.17 bits per heavy atom. The van der Waals surface area contributed by atoms with Gasteiger partial charge in [0.25, 0.3) is 0 Å². The van der Waals surface area contributed by atoms with Crippen molar-refractivity contribution < 1.29 is 0 Å². The lowest BCUT2D eigenvalue weighted by Crippen LogP contribution is -2.12. The number of aromatic nitrogens is 3. The predicted octanol–water partition coefficient (Wildman–Crippen LogP) is 1.99. The highest BCUT2D eigenvalue weighted by molar-refractivity contribution is 5.65. The molecule has 3 rings (SSSR count). The first-order chi connectivity index (χ1) is 8.78. The van der Waals surface area contributed by atoms with E-state index in [0.717, 1.165) is 28.4 Å². The fourth-order valence-corrected chi connectivity index (χ4v) is 1.95. The van der Waals surface area contributed by atoms with Crippen molar-refractivity contribution >= 4 is 11.5 Å². The zero-order chi connectivity index (χ0) is 12.5. The monoisotopic (exact) mass is 239 g/mol. The van der Waals surface area contributed by atoms with Gasteiger partial charge in [-0.3, -0.25) is 0 Å². The highest BCUT2D eigenvalue weighted by Gasteiger charge is 2.08. The molecule has 0 radical (unpaired) electrons. The summed E-state index contributed by atoms with van der Waals surface area (Å²) in [4.78, 5) is 4.44. The van der Waals surface area contributed by atoms with E-state index in [-0.39, 0.29) is 0 Å². The van der Waals surface area contributed by atoms with E-state index in [1.807, 2.05) is 49.4 Å². The summed E-state index contributed by atoms with van der Waals surface area (Å²) in [5, 5.41) is 4.51. The molecule has 90 valence electrons. The highest BCUT2D eigenvalue weighted by atomic mass is 15.4. The molecule has 0 bridgehead atoms. The van der Waals surface area contributed by atoms with Crippen LogP contribution in [0.2, 0.25) is 0 Å². The van der Waals surface area contributed by atoms with Crippen LogP contribution in [-0.4, -0.2) is 14.6 Å². The summed E-state index contributed by atoms with van der Waals surface area (Å²) < 4.78 is 1.70. The summed E-state index contributed by atoms with van der Waals surface area (Å²) in [5.74, 6) is 6.22. The lowest BCUT2D eigenvalue weighted by atomic mass is 10.2. The molecule has 0 fully saturated rings. The zero-order valence-corrected chi connectivity index (χ0v) is 9.96. The quantitative estimate of drug-likeness (QED) is 0.530. The molecule has 0 aliphatic carbocycles. The van der Waals surface area contributed by atoms with Gasteiger partial charge in [-0.1, -0.05) is 30.3 Å². The standard InChI is InChI=1S/C13H13N5/c1-9-7-13(16-14)18-12(15-9)8-11(17-18)10-5-3-2-4-6-10/h2-8,16H,14H2,1H3. The molecule has 18 heavy (non-hydrogen) atoms. The number of aryl methyl sites for hydroxylation is 1. The summed E-state index contributed by atoms with van der Waals surface area (Å²) in [6.45, 7) is 1.93. The van der Waals surface area contributed by atoms with E-state index in [1.54, 1.807) is 4.52 Å². The Morgan fingerprint density at radius 3 is 2.67 bits per heavy atom. The molecule has 1 aromatic carbocycles. The summed E-state index contributed by atoms with van der Waals surface area (Å²) in [6.07, 6.45) is 0. The van der Waals surface area contributed by atoms with Crippen molar-refractivity contribution in [2.45, 2.75) is 6.92 Å². The molecule has 0 aliphatic heterocycles. The maximum Gasteiger partial charge on any atom is 0.158 e. The fraction of sp³-hybridized carbons (Fsp3) is 0.0769. The molecule has 2 aromatic heterocycles. The second-order valence-electron chi connectivity index (χ2n) is 4.09. The molecule has 2 heterocycles. The minimum absolute atomic E-state index is 0.722. The Labute approximate surface area is 104 Å². The maximum absolute atomic E-state index is 5.49. The van der Waals surface area contributed by atoms with Gasteiger partial charge in [-0.15, -0.1) is 0 Å². The van der Waals surface area contributed by atoms with E-state index in [9.17, 15) is 0 Å². The number of fused-ring (bicyclic) bond motifs is 1. The molecule has 0 atom stereocenters. The van der Waals surface area contributed by atoms with Gasteiger partial charge in [0, 0.05) is 23.4 Å². The third kappa shape index (κ3) is 1.70. The van der Waals surface area contributed by atoms with Crippen LogP contribution >= 0.6 is 0 Å². The van der Waals surface area contributed by atoms with Crippen LogP contribution in [0.25, 0.3) is 16.9 Å². The smallest absolute Gasteiger partial charge is 0.158 e. The van der Waals surface area contributed by atoms with Crippen molar-refractivity contribution in [3.05, 3.63) is 48.2 Å².